The summed E-state index contributed by atoms with van der Waals surface area (Å²) < 4.78 is 0.766. The topological polar surface area (TPSA) is 37.4 Å². The molecule has 1 aromatic rings. The Morgan fingerprint density at radius 1 is 1.10 bits per heavy atom. The second kappa shape index (κ2) is 4.31. The van der Waals surface area contributed by atoms with E-state index in [0.717, 1.165) is 23.7 Å². The van der Waals surface area contributed by atoms with Crippen LogP contribution in [-0.2, 0) is 9.59 Å². The summed E-state index contributed by atoms with van der Waals surface area (Å²) in [5.74, 6) is 0.623. The van der Waals surface area contributed by atoms with Gasteiger partial charge in [-0.3, -0.25) is 9.59 Å². The van der Waals surface area contributed by atoms with Gasteiger partial charge in [0, 0.05) is 4.47 Å². The first-order valence-electron chi connectivity index (χ1n) is 6.91. The predicted molar refractivity (Wildman–Crippen MR) is 79.5 cm³/mol. The molecule has 3 aliphatic rings. The van der Waals surface area contributed by atoms with Gasteiger partial charge in [-0.1, -0.05) is 11.6 Å². The van der Waals surface area contributed by atoms with E-state index in [2.05, 4.69) is 15.9 Å². The van der Waals surface area contributed by atoms with Crippen molar-refractivity contribution >= 4 is 45.0 Å². The predicted octanol–water partition coefficient (Wildman–Crippen LogP) is 3.64. The standard InChI is InChI=1S/C15H13BrClNO2/c16-10-4-3-9(6-11(10)17)18-14(19)12-7-1-2-8(5-7)13(12)15(18)20/h3-4,6-8,12-13H,1-2,5H2/t7-,8-,12+,13+/m1/s1. The normalized spacial score (nSPS) is 35.0. The van der Waals surface area contributed by atoms with E-state index in [1.165, 1.54) is 4.90 Å². The van der Waals surface area contributed by atoms with Crippen LogP contribution in [0.15, 0.2) is 22.7 Å². The summed E-state index contributed by atoms with van der Waals surface area (Å²) in [7, 11) is 0. The van der Waals surface area contributed by atoms with Crippen LogP contribution in [0.1, 0.15) is 19.3 Å². The quantitative estimate of drug-likeness (QED) is 0.722. The molecule has 0 aromatic heterocycles. The zero-order valence-corrected chi connectivity index (χ0v) is 13.0. The monoisotopic (exact) mass is 353 g/mol. The Labute approximate surface area is 130 Å². The number of imide groups is 1. The molecule has 1 heterocycles. The lowest BCUT2D eigenvalue weighted by Crippen LogP contribution is -2.32. The van der Waals surface area contributed by atoms with Crippen LogP contribution in [0.5, 0.6) is 0 Å². The van der Waals surface area contributed by atoms with Crippen molar-refractivity contribution in [3.8, 4) is 0 Å². The van der Waals surface area contributed by atoms with Gasteiger partial charge in [-0.25, -0.2) is 4.90 Å². The molecular formula is C15H13BrClNO2. The summed E-state index contributed by atoms with van der Waals surface area (Å²) in [6, 6.07) is 5.24. The Hall–Kier alpha value is -0.870. The van der Waals surface area contributed by atoms with E-state index in [-0.39, 0.29) is 23.7 Å². The second-order valence-corrected chi connectivity index (χ2v) is 7.26. The molecular weight excluding hydrogens is 342 g/mol. The smallest absolute Gasteiger partial charge is 0.237 e. The molecule has 1 saturated heterocycles. The van der Waals surface area contributed by atoms with Gasteiger partial charge in [0.2, 0.25) is 11.8 Å². The van der Waals surface area contributed by atoms with E-state index < -0.39 is 0 Å². The molecule has 4 rings (SSSR count). The molecule has 0 radical (unpaired) electrons. The lowest BCUT2D eigenvalue weighted by atomic mass is 9.81. The van der Waals surface area contributed by atoms with Crippen LogP contribution in [0.4, 0.5) is 5.69 Å². The van der Waals surface area contributed by atoms with Crippen molar-refractivity contribution in [1.82, 2.24) is 0 Å². The Morgan fingerprint density at radius 3 is 2.25 bits per heavy atom. The van der Waals surface area contributed by atoms with Crippen LogP contribution < -0.4 is 4.90 Å². The highest BCUT2D eigenvalue weighted by molar-refractivity contribution is 9.10. The molecule has 4 atom stereocenters. The number of anilines is 1. The zero-order valence-electron chi connectivity index (χ0n) is 10.7. The number of nitrogens with zero attached hydrogens (tertiary/aromatic N) is 1. The highest BCUT2D eigenvalue weighted by Gasteiger charge is 2.61. The molecule has 0 spiro atoms. The van der Waals surface area contributed by atoms with Crippen molar-refractivity contribution < 1.29 is 9.59 Å². The van der Waals surface area contributed by atoms with Gasteiger partial charge in [-0.2, -0.15) is 0 Å². The minimum absolute atomic E-state index is 0.0226. The molecule has 1 aromatic carbocycles. The first-order chi connectivity index (χ1) is 9.58. The number of carbonyl (C=O) groups is 2. The van der Waals surface area contributed by atoms with Crippen molar-refractivity contribution in [2.45, 2.75) is 19.3 Å². The maximum atomic E-state index is 12.6. The van der Waals surface area contributed by atoms with Crippen molar-refractivity contribution in [1.29, 1.82) is 0 Å². The van der Waals surface area contributed by atoms with Crippen LogP contribution in [-0.4, -0.2) is 11.8 Å². The van der Waals surface area contributed by atoms with Gasteiger partial charge in [0.15, 0.2) is 0 Å². The molecule has 2 saturated carbocycles. The minimum Gasteiger partial charge on any atom is -0.274 e. The van der Waals surface area contributed by atoms with Crippen LogP contribution in [0.2, 0.25) is 5.02 Å². The summed E-state index contributed by atoms with van der Waals surface area (Å²) in [5.41, 5.74) is 0.599. The SMILES string of the molecule is O=C1[C@H]2[C@@H]3CC[C@H](C3)[C@@H]2C(=O)N1c1ccc(Br)c(Cl)c1. The molecule has 2 amide bonds. The average molecular weight is 355 g/mol. The Bertz CT molecular complexity index is 604. The lowest BCUT2D eigenvalue weighted by Gasteiger charge is -2.19. The van der Waals surface area contributed by atoms with Crippen molar-refractivity contribution in [3.05, 3.63) is 27.7 Å². The largest absolute Gasteiger partial charge is 0.274 e. The number of amides is 2. The van der Waals surface area contributed by atoms with Crippen molar-refractivity contribution in [3.63, 3.8) is 0 Å². The lowest BCUT2D eigenvalue weighted by molar-refractivity contribution is -0.123. The number of rotatable bonds is 1. The Balaban J connectivity index is 1.74. The molecule has 3 nitrogen and oxygen atoms in total. The number of carbonyl (C=O) groups excluding carboxylic acids is 2. The third kappa shape index (κ3) is 1.58. The summed E-state index contributed by atoms with van der Waals surface area (Å²) >= 11 is 9.41. The number of fused-ring (bicyclic) bond motifs is 5. The minimum atomic E-state index is -0.0799. The maximum absolute atomic E-state index is 12.6. The number of hydrogen-bond donors (Lipinski definition) is 0. The van der Waals surface area contributed by atoms with Gasteiger partial charge in [-0.15, -0.1) is 0 Å². The Morgan fingerprint density at radius 2 is 1.70 bits per heavy atom. The van der Waals surface area contributed by atoms with E-state index >= 15 is 0 Å². The van der Waals surface area contributed by atoms with E-state index in [0.29, 0.717) is 22.5 Å². The van der Waals surface area contributed by atoms with Crippen LogP contribution in [0.25, 0.3) is 0 Å². The molecule has 2 bridgehead atoms. The van der Waals surface area contributed by atoms with Crippen LogP contribution in [0, 0.1) is 23.7 Å². The van der Waals surface area contributed by atoms with Crippen LogP contribution >= 0.6 is 27.5 Å². The maximum Gasteiger partial charge on any atom is 0.237 e. The zero-order chi connectivity index (χ0) is 14.0. The van der Waals surface area contributed by atoms with Gasteiger partial charge in [0.25, 0.3) is 0 Å². The fraction of sp³-hybridized carbons (Fsp3) is 0.467. The van der Waals surface area contributed by atoms with Gasteiger partial charge >= 0.3 is 0 Å². The summed E-state index contributed by atoms with van der Waals surface area (Å²) in [4.78, 5) is 26.6. The highest BCUT2D eigenvalue weighted by Crippen LogP contribution is 2.56. The summed E-state index contributed by atoms with van der Waals surface area (Å²) in [5, 5.41) is 0.517. The fourth-order valence-electron chi connectivity index (χ4n) is 4.29. The van der Waals surface area contributed by atoms with Crippen molar-refractivity contribution in [2.75, 3.05) is 4.90 Å². The summed E-state index contributed by atoms with van der Waals surface area (Å²) in [6.07, 6.45) is 3.25. The number of benzene rings is 1. The van der Waals surface area contributed by atoms with E-state index in [1.54, 1.807) is 18.2 Å². The van der Waals surface area contributed by atoms with E-state index in [9.17, 15) is 9.59 Å². The fourth-order valence-corrected chi connectivity index (χ4v) is 4.71. The molecule has 2 aliphatic carbocycles. The Kier molecular flexibility index (Phi) is 2.77. The third-order valence-corrected chi connectivity index (χ3v) is 6.32. The van der Waals surface area contributed by atoms with Gasteiger partial charge in [0.1, 0.15) is 0 Å². The molecule has 0 N–H and O–H groups in total. The molecule has 0 unspecified atom stereocenters. The van der Waals surface area contributed by atoms with Gasteiger partial charge in [-0.05, 0) is 65.2 Å². The van der Waals surface area contributed by atoms with E-state index in [4.69, 9.17) is 11.6 Å². The number of halogens is 2. The second-order valence-electron chi connectivity index (χ2n) is 6.00. The molecule has 3 fully saturated rings. The van der Waals surface area contributed by atoms with Crippen LogP contribution in [0.3, 0.4) is 0 Å². The average Bonchev–Trinajstić information content (AvgIpc) is 3.08. The first kappa shape index (κ1) is 12.8. The first-order valence-corrected chi connectivity index (χ1v) is 8.08. The third-order valence-electron chi connectivity index (χ3n) is 5.09. The number of hydrogen-bond acceptors (Lipinski definition) is 2. The molecule has 5 heteroatoms. The summed E-state index contributed by atoms with van der Waals surface area (Å²) in [6.45, 7) is 0. The van der Waals surface area contributed by atoms with Gasteiger partial charge < -0.3 is 0 Å². The van der Waals surface area contributed by atoms with Crippen molar-refractivity contribution in [2.24, 2.45) is 23.7 Å². The highest BCUT2D eigenvalue weighted by atomic mass is 79.9. The van der Waals surface area contributed by atoms with Gasteiger partial charge in [0.05, 0.1) is 22.5 Å². The molecule has 20 heavy (non-hydrogen) atoms. The molecule has 1 aliphatic heterocycles. The molecule has 104 valence electrons. The van der Waals surface area contributed by atoms with E-state index in [1.807, 2.05) is 0 Å².